The second-order valence-corrected chi connectivity index (χ2v) is 4.80. The van der Waals surface area contributed by atoms with Crippen LogP contribution in [0.4, 0.5) is 0 Å². The molecule has 0 unspecified atom stereocenters. The molecule has 1 aromatic rings. The largest absolute Gasteiger partial charge is 0.484 e. The highest BCUT2D eigenvalue weighted by Crippen LogP contribution is 2.10. The summed E-state index contributed by atoms with van der Waals surface area (Å²) in [5.41, 5.74) is 0. The molecule has 1 aliphatic heterocycles. The number of halogens is 1. The third kappa shape index (κ3) is 3.12. The number of β-lactam (4-membered cyclic amide) rings is 1. The smallest absolute Gasteiger partial charge is 0.258 e. The Labute approximate surface area is 118 Å². The SMILES string of the molecule is O=C(COc1ccccc1)N[C@H]1C(=O)N[C@H]1CI. The maximum Gasteiger partial charge on any atom is 0.258 e. The van der Waals surface area contributed by atoms with Gasteiger partial charge in [-0.3, -0.25) is 9.59 Å². The number of amides is 2. The van der Waals surface area contributed by atoms with Gasteiger partial charge in [0.15, 0.2) is 6.61 Å². The minimum atomic E-state index is -0.422. The summed E-state index contributed by atoms with van der Waals surface area (Å²) >= 11 is 2.17. The molecule has 1 saturated heterocycles. The number of para-hydroxylation sites is 1. The fraction of sp³-hybridized carbons (Fsp3) is 0.333. The molecule has 0 radical (unpaired) electrons. The molecular weight excluding hydrogens is 347 g/mol. The number of carbonyl (C=O) groups excluding carboxylic acids is 2. The first-order valence-corrected chi connectivity index (χ1v) is 7.07. The van der Waals surface area contributed by atoms with Crippen LogP contribution in [-0.4, -0.2) is 34.9 Å². The van der Waals surface area contributed by atoms with Crippen LogP contribution in [0, 0.1) is 0 Å². The van der Waals surface area contributed by atoms with Gasteiger partial charge in [-0.15, -0.1) is 0 Å². The van der Waals surface area contributed by atoms with E-state index in [1.54, 1.807) is 12.1 Å². The molecule has 2 amide bonds. The summed E-state index contributed by atoms with van der Waals surface area (Å²) < 4.78 is 6.07. The van der Waals surface area contributed by atoms with Crippen molar-refractivity contribution in [3.63, 3.8) is 0 Å². The topological polar surface area (TPSA) is 67.4 Å². The maximum atomic E-state index is 11.6. The van der Waals surface area contributed by atoms with Crippen molar-refractivity contribution in [2.24, 2.45) is 0 Å². The zero-order valence-corrected chi connectivity index (χ0v) is 11.7. The fourth-order valence-corrected chi connectivity index (χ4v) is 2.35. The Morgan fingerprint density at radius 2 is 2.11 bits per heavy atom. The molecule has 2 N–H and O–H groups in total. The van der Waals surface area contributed by atoms with Crippen LogP contribution in [0.1, 0.15) is 0 Å². The van der Waals surface area contributed by atoms with Gasteiger partial charge in [-0.25, -0.2) is 0 Å². The van der Waals surface area contributed by atoms with Gasteiger partial charge in [0.25, 0.3) is 5.91 Å². The average Bonchev–Trinajstić information content (AvgIpc) is 2.41. The van der Waals surface area contributed by atoms with Crippen molar-refractivity contribution in [1.82, 2.24) is 10.6 Å². The third-order valence-electron chi connectivity index (χ3n) is 2.61. The Hall–Kier alpha value is -1.31. The molecule has 6 heteroatoms. The number of hydrogen-bond acceptors (Lipinski definition) is 3. The molecule has 2 rings (SSSR count). The van der Waals surface area contributed by atoms with Gasteiger partial charge in [-0.1, -0.05) is 40.8 Å². The van der Waals surface area contributed by atoms with E-state index in [9.17, 15) is 9.59 Å². The lowest BCUT2D eigenvalue weighted by Gasteiger charge is -2.35. The minimum absolute atomic E-state index is 0.0266. The van der Waals surface area contributed by atoms with Gasteiger partial charge in [0.2, 0.25) is 5.91 Å². The number of rotatable bonds is 5. The molecule has 0 aromatic heterocycles. The molecule has 1 aliphatic rings. The standard InChI is InChI=1S/C12H13IN2O3/c13-6-9-11(12(17)14-9)15-10(16)7-18-8-4-2-1-3-5-8/h1-5,9,11H,6-7H2,(H,14,17)(H,15,16)/t9-,11+/m0/s1. The Morgan fingerprint density at radius 3 is 2.72 bits per heavy atom. The van der Waals surface area contributed by atoms with E-state index < -0.39 is 6.04 Å². The second-order valence-electron chi connectivity index (χ2n) is 3.92. The minimum Gasteiger partial charge on any atom is -0.484 e. The average molecular weight is 360 g/mol. The van der Waals surface area contributed by atoms with Gasteiger partial charge in [0.1, 0.15) is 11.8 Å². The molecular formula is C12H13IN2O3. The zero-order chi connectivity index (χ0) is 13.0. The number of carbonyl (C=O) groups is 2. The molecule has 5 nitrogen and oxygen atoms in total. The van der Waals surface area contributed by atoms with Gasteiger partial charge in [-0.2, -0.15) is 0 Å². The molecule has 0 saturated carbocycles. The number of hydrogen-bond donors (Lipinski definition) is 2. The molecule has 1 aromatic carbocycles. The Kier molecular flexibility index (Phi) is 4.40. The lowest BCUT2D eigenvalue weighted by atomic mass is 10.0. The van der Waals surface area contributed by atoms with Crippen LogP contribution in [0.15, 0.2) is 30.3 Å². The molecule has 0 bridgehead atoms. The summed E-state index contributed by atoms with van der Waals surface area (Å²) in [4.78, 5) is 22.8. The quantitative estimate of drug-likeness (QED) is 0.456. The third-order valence-corrected chi connectivity index (χ3v) is 3.56. The van der Waals surface area contributed by atoms with E-state index in [0.29, 0.717) is 5.75 Å². The van der Waals surface area contributed by atoms with E-state index in [1.807, 2.05) is 18.2 Å². The summed E-state index contributed by atoms with van der Waals surface area (Å²) in [7, 11) is 0. The van der Waals surface area contributed by atoms with Crippen molar-refractivity contribution in [2.45, 2.75) is 12.1 Å². The first kappa shape index (κ1) is 13.1. The summed E-state index contributed by atoms with van der Waals surface area (Å²) in [6.45, 7) is -0.0816. The van der Waals surface area contributed by atoms with E-state index in [0.717, 1.165) is 4.43 Å². The van der Waals surface area contributed by atoms with Crippen LogP contribution < -0.4 is 15.4 Å². The molecule has 2 atom stereocenters. The van der Waals surface area contributed by atoms with E-state index in [1.165, 1.54) is 0 Å². The Balaban J connectivity index is 1.77. The maximum absolute atomic E-state index is 11.6. The Morgan fingerprint density at radius 1 is 1.39 bits per heavy atom. The lowest BCUT2D eigenvalue weighted by Crippen LogP contribution is -2.70. The van der Waals surface area contributed by atoms with Gasteiger partial charge in [-0.05, 0) is 12.1 Å². The molecule has 0 spiro atoms. The normalized spacial score (nSPS) is 21.7. The molecule has 0 aliphatic carbocycles. The molecule has 1 fully saturated rings. The first-order chi connectivity index (χ1) is 8.70. The number of nitrogens with one attached hydrogen (secondary N) is 2. The Bertz CT molecular complexity index is 438. The van der Waals surface area contributed by atoms with Crippen LogP contribution in [0.3, 0.4) is 0 Å². The molecule has 1 heterocycles. The second kappa shape index (κ2) is 6.03. The highest BCUT2D eigenvalue weighted by atomic mass is 127. The highest BCUT2D eigenvalue weighted by Gasteiger charge is 2.39. The van der Waals surface area contributed by atoms with Crippen molar-refractivity contribution < 1.29 is 14.3 Å². The monoisotopic (exact) mass is 360 g/mol. The predicted octanol–water partition coefficient (Wildman–Crippen LogP) is 0.484. The van der Waals surface area contributed by atoms with Gasteiger partial charge in [0.05, 0.1) is 6.04 Å². The van der Waals surface area contributed by atoms with Crippen molar-refractivity contribution in [1.29, 1.82) is 0 Å². The first-order valence-electron chi connectivity index (χ1n) is 5.54. The molecule has 18 heavy (non-hydrogen) atoms. The summed E-state index contributed by atoms with van der Waals surface area (Å²) in [6, 6.07) is 8.69. The van der Waals surface area contributed by atoms with Crippen LogP contribution in [0.2, 0.25) is 0 Å². The van der Waals surface area contributed by atoms with Crippen molar-refractivity contribution in [3.8, 4) is 5.75 Å². The van der Waals surface area contributed by atoms with Crippen LogP contribution in [0.5, 0.6) is 5.75 Å². The van der Waals surface area contributed by atoms with Crippen molar-refractivity contribution in [3.05, 3.63) is 30.3 Å². The lowest BCUT2D eigenvalue weighted by molar-refractivity contribution is -0.136. The van der Waals surface area contributed by atoms with Crippen LogP contribution in [-0.2, 0) is 9.59 Å². The van der Waals surface area contributed by atoms with Crippen molar-refractivity contribution >= 4 is 34.4 Å². The van der Waals surface area contributed by atoms with Gasteiger partial charge < -0.3 is 15.4 Å². The fourth-order valence-electron chi connectivity index (χ4n) is 1.62. The number of alkyl halides is 1. The summed E-state index contributed by atoms with van der Waals surface area (Å²) in [5.74, 6) is 0.217. The van der Waals surface area contributed by atoms with Crippen LogP contribution in [0.25, 0.3) is 0 Å². The highest BCUT2D eigenvalue weighted by molar-refractivity contribution is 14.1. The summed E-state index contributed by atoms with van der Waals surface area (Å²) in [6.07, 6.45) is 0. The van der Waals surface area contributed by atoms with Crippen molar-refractivity contribution in [2.75, 3.05) is 11.0 Å². The zero-order valence-electron chi connectivity index (χ0n) is 9.56. The van der Waals surface area contributed by atoms with E-state index in [4.69, 9.17) is 4.74 Å². The van der Waals surface area contributed by atoms with Gasteiger partial charge >= 0.3 is 0 Å². The number of benzene rings is 1. The van der Waals surface area contributed by atoms with E-state index in [-0.39, 0.29) is 24.5 Å². The predicted molar refractivity (Wildman–Crippen MR) is 74.7 cm³/mol. The number of ether oxygens (including phenoxy) is 1. The van der Waals surface area contributed by atoms with E-state index >= 15 is 0 Å². The van der Waals surface area contributed by atoms with Gasteiger partial charge in [0, 0.05) is 4.43 Å². The van der Waals surface area contributed by atoms with E-state index in [2.05, 4.69) is 33.2 Å². The van der Waals surface area contributed by atoms with Crippen LogP contribution >= 0.6 is 22.6 Å². The summed E-state index contributed by atoms with van der Waals surface area (Å²) in [5, 5.41) is 5.38. The molecule has 96 valence electrons.